The fourth-order valence-electron chi connectivity index (χ4n) is 1.73. The Morgan fingerprint density at radius 2 is 2.38 bits per heavy atom. The third kappa shape index (κ3) is 3.53. The lowest BCUT2D eigenvalue weighted by Crippen LogP contribution is -2.16. The van der Waals surface area contributed by atoms with Crippen molar-refractivity contribution in [3.63, 3.8) is 0 Å². The number of nitrogens with zero attached hydrogens (tertiary/aromatic N) is 3. The second-order valence-corrected chi connectivity index (χ2v) is 5.08. The zero-order valence-corrected chi connectivity index (χ0v) is 12.5. The van der Waals surface area contributed by atoms with Crippen molar-refractivity contribution < 1.29 is 9.21 Å². The number of thioether (sulfide) groups is 1. The number of nitrogens with two attached hydrogens (primary N) is 1. The van der Waals surface area contributed by atoms with Crippen LogP contribution >= 0.6 is 11.8 Å². The Morgan fingerprint density at radius 3 is 3.05 bits per heavy atom. The topological polar surface area (TPSA) is 99.0 Å². The first-order valence-corrected chi connectivity index (χ1v) is 7.34. The van der Waals surface area contributed by atoms with Crippen LogP contribution in [-0.2, 0) is 18.8 Å². The Labute approximate surface area is 126 Å². The minimum Gasteiger partial charge on any atom is -0.455 e. The van der Waals surface area contributed by atoms with E-state index in [0.717, 1.165) is 5.16 Å². The summed E-state index contributed by atoms with van der Waals surface area (Å²) in [5.41, 5.74) is 5.62. The molecule has 3 N–H and O–H groups in total. The number of nitrogens with one attached hydrogen (secondary N) is 1. The van der Waals surface area contributed by atoms with Crippen molar-refractivity contribution in [3.8, 4) is 0 Å². The number of allylic oxidation sites excluding steroid dienone is 1. The monoisotopic (exact) mass is 307 g/mol. The second-order valence-electron chi connectivity index (χ2n) is 4.14. The molecular weight excluding hydrogens is 290 g/mol. The van der Waals surface area contributed by atoms with Crippen LogP contribution in [0.15, 0.2) is 34.4 Å². The third-order valence-electron chi connectivity index (χ3n) is 2.74. The lowest BCUT2D eigenvalue weighted by molar-refractivity contribution is 0.0934. The summed E-state index contributed by atoms with van der Waals surface area (Å²) in [6.45, 7) is 4.64. The highest BCUT2D eigenvalue weighted by Gasteiger charge is 2.13. The van der Waals surface area contributed by atoms with Gasteiger partial charge in [-0.25, -0.2) is 0 Å². The smallest absolute Gasteiger partial charge is 0.286 e. The van der Waals surface area contributed by atoms with Gasteiger partial charge >= 0.3 is 0 Å². The van der Waals surface area contributed by atoms with Crippen LogP contribution in [0.25, 0.3) is 0 Å². The molecule has 0 atom stereocenters. The maximum absolute atomic E-state index is 11.4. The number of aromatic nitrogens is 3. The lowest BCUT2D eigenvalue weighted by atomic mass is 10.4. The molecule has 2 aromatic heterocycles. The summed E-state index contributed by atoms with van der Waals surface area (Å²) in [6.07, 6.45) is 1.77. The van der Waals surface area contributed by atoms with Crippen molar-refractivity contribution in [3.05, 3.63) is 42.1 Å². The maximum Gasteiger partial charge on any atom is 0.286 e. The van der Waals surface area contributed by atoms with Crippen molar-refractivity contribution in [2.75, 3.05) is 7.05 Å². The van der Waals surface area contributed by atoms with E-state index >= 15 is 0 Å². The zero-order valence-electron chi connectivity index (χ0n) is 11.7. The second kappa shape index (κ2) is 7.09. The standard InChI is InChI=1S/C13H17N5O2S/c1-3-6-18-11(7-14)16-17-13(18)21-8-9-4-5-10(20-9)12(19)15-2/h3-5H,1,6-8,14H2,2H3,(H,15,19). The molecule has 2 heterocycles. The van der Waals surface area contributed by atoms with Crippen LogP contribution in [-0.4, -0.2) is 27.7 Å². The summed E-state index contributed by atoms with van der Waals surface area (Å²) in [6, 6.07) is 3.42. The molecule has 2 aromatic rings. The first kappa shape index (κ1) is 15.3. The molecule has 112 valence electrons. The number of rotatable bonds is 7. The molecule has 0 aliphatic heterocycles. The summed E-state index contributed by atoms with van der Waals surface area (Å²) < 4.78 is 7.36. The predicted octanol–water partition coefficient (Wildman–Crippen LogP) is 1.17. The quantitative estimate of drug-likeness (QED) is 0.588. The highest BCUT2D eigenvalue weighted by molar-refractivity contribution is 7.98. The van der Waals surface area contributed by atoms with Crippen LogP contribution in [0.2, 0.25) is 0 Å². The van der Waals surface area contributed by atoms with Gasteiger partial charge in [-0.2, -0.15) is 0 Å². The fraction of sp³-hybridized carbons (Fsp3) is 0.308. The first-order chi connectivity index (χ1) is 10.2. The van der Waals surface area contributed by atoms with Crippen LogP contribution in [0, 0.1) is 0 Å². The normalized spacial score (nSPS) is 10.6. The maximum atomic E-state index is 11.4. The lowest BCUT2D eigenvalue weighted by Gasteiger charge is -2.05. The SMILES string of the molecule is C=CCn1c(CN)nnc1SCc1ccc(C(=O)NC)o1. The van der Waals surface area contributed by atoms with Crippen molar-refractivity contribution in [1.82, 2.24) is 20.1 Å². The summed E-state index contributed by atoms with van der Waals surface area (Å²) in [5.74, 6) is 2.01. The molecule has 7 nitrogen and oxygen atoms in total. The minimum atomic E-state index is -0.244. The van der Waals surface area contributed by atoms with Gasteiger partial charge in [-0.15, -0.1) is 16.8 Å². The molecule has 0 bridgehead atoms. The van der Waals surface area contributed by atoms with Crippen molar-refractivity contribution in [2.24, 2.45) is 5.73 Å². The van der Waals surface area contributed by atoms with Crippen LogP contribution in [0.3, 0.4) is 0 Å². The van der Waals surface area contributed by atoms with Gasteiger partial charge in [-0.1, -0.05) is 17.8 Å². The Morgan fingerprint density at radius 1 is 1.57 bits per heavy atom. The van der Waals surface area contributed by atoms with E-state index in [4.69, 9.17) is 10.2 Å². The zero-order chi connectivity index (χ0) is 15.2. The molecule has 0 fully saturated rings. The molecule has 8 heteroatoms. The van der Waals surface area contributed by atoms with Crippen molar-refractivity contribution >= 4 is 17.7 Å². The average Bonchev–Trinajstić information content (AvgIpc) is 3.11. The van der Waals surface area contributed by atoms with E-state index in [1.54, 1.807) is 25.3 Å². The van der Waals surface area contributed by atoms with Gasteiger partial charge in [0.2, 0.25) is 0 Å². The minimum absolute atomic E-state index is 0.244. The van der Waals surface area contributed by atoms with Gasteiger partial charge in [0.15, 0.2) is 10.9 Å². The molecule has 21 heavy (non-hydrogen) atoms. The van der Waals surface area contributed by atoms with E-state index in [9.17, 15) is 4.79 Å². The molecule has 0 saturated heterocycles. The number of carbonyl (C=O) groups is 1. The van der Waals surface area contributed by atoms with E-state index in [1.165, 1.54) is 11.8 Å². The number of carbonyl (C=O) groups excluding carboxylic acids is 1. The van der Waals surface area contributed by atoms with Crippen LogP contribution in [0.4, 0.5) is 0 Å². The highest BCUT2D eigenvalue weighted by Crippen LogP contribution is 2.23. The van der Waals surface area contributed by atoms with Crippen LogP contribution < -0.4 is 11.1 Å². The molecule has 0 aromatic carbocycles. The molecule has 0 radical (unpaired) electrons. The van der Waals surface area contributed by atoms with Crippen molar-refractivity contribution in [2.45, 2.75) is 24.0 Å². The molecular formula is C13H17N5O2S. The Hall–Kier alpha value is -2.06. The van der Waals surface area contributed by atoms with Gasteiger partial charge in [0, 0.05) is 13.6 Å². The fourth-order valence-corrected chi connectivity index (χ4v) is 2.59. The number of hydrogen-bond acceptors (Lipinski definition) is 6. The molecule has 0 aliphatic carbocycles. The molecule has 1 amide bonds. The van der Waals surface area contributed by atoms with Crippen molar-refractivity contribution in [1.29, 1.82) is 0 Å². The molecule has 0 unspecified atom stereocenters. The summed E-state index contributed by atoms with van der Waals surface area (Å²) >= 11 is 1.47. The van der Waals surface area contributed by atoms with E-state index in [0.29, 0.717) is 36.2 Å². The van der Waals surface area contributed by atoms with E-state index in [-0.39, 0.29) is 5.91 Å². The number of furan rings is 1. The Balaban J connectivity index is 2.06. The van der Waals surface area contributed by atoms with Gasteiger partial charge < -0.3 is 20.0 Å². The first-order valence-electron chi connectivity index (χ1n) is 6.36. The summed E-state index contributed by atoms with van der Waals surface area (Å²) in [5, 5.41) is 11.4. The van der Waals surface area contributed by atoms with Gasteiger partial charge in [0.1, 0.15) is 11.6 Å². The van der Waals surface area contributed by atoms with Gasteiger partial charge in [0.25, 0.3) is 5.91 Å². The highest BCUT2D eigenvalue weighted by atomic mass is 32.2. The predicted molar refractivity (Wildman–Crippen MR) is 79.8 cm³/mol. The largest absolute Gasteiger partial charge is 0.455 e. The molecule has 0 saturated carbocycles. The molecule has 2 rings (SSSR count). The third-order valence-corrected chi connectivity index (χ3v) is 3.73. The number of hydrogen-bond donors (Lipinski definition) is 2. The van der Waals surface area contributed by atoms with Crippen LogP contribution in [0.5, 0.6) is 0 Å². The van der Waals surface area contributed by atoms with Crippen LogP contribution in [0.1, 0.15) is 22.1 Å². The Bertz CT molecular complexity index is 634. The van der Waals surface area contributed by atoms with Gasteiger partial charge in [0.05, 0.1) is 12.3 Å². The van der Waals surface area contributed by atoms with Gasteiger partial charge in [-0.3, -0.25) is 4.79 Å². The Kier molecular flexibility index (Phi) is 5.18. The number of amides is 1. The van der Waals surface area contributed by atoms with E-state index in [2.05, 4.69) is 22.1 Å². The van der Waals surface area contributed by atoms with E-state index < -0.39 is 0 Å². The summed E-state index contributed by atoms with van der Waals surface area (Å²) in [7, 11) is 1.56. The molecule has 0 spiro atoms. The average molecular weight is 307 g/mol. The van der Waals surface area contributed by atoms with Gasteiger partial charge in [-0.05, 0) is 12.1 Å². The summed E-state index contributed by atoms with van der Waals surface area (Å²) in [4.78, 5) is 11.4. The molecule has 0 aliphatic rings. The van der Waals surface area contributed by atoms with E-state index in [1.807, 2.05) is 4.57 Å².